The number of aromatic nitrogens is 2. The first kappa shape index (κ1) is 20.1. The van der Waals surface area contributed by atoms with Gasteiger partial charge in [-0.3, -0.25) is 14.2 Å². The van der Waals surface area contributed by atoms with Crippen LogP contribution in [0, 0.1) is 0 Å². The Hall–Kier alpha value is -2.60. The maximum absolute atomic E-state index is 13.1. The average molecular weight is 396 g/mol. The van der Waals surface area contributed by atoms with Gasteiger partial charge < -0.3 is 4.90 Å². The smallest absolute Gasteiger partial charge is 0.266 e. The third-order valence-corrected chi connectivity index (χ3v) is 5.35. The van der Waals surface area contributed by atoms with Crippen LogP contribution in [0.1, 0.15) is 26.7 Å². The van der Waals surface area contributed by atoms with Crippen molar-refractivity contribution in [2.45, 2.75) is 31.8 Å². The van der Waals surface area contributed by atoms with Gasteiger partial charge in [0, 0.05) is 13.1 Å². The summed E-state index contributed by atoms with van der Waals surface area (Å²) < 4.78 is 1.60. The lowest BCUT2D eigenvalue weighted by Gasteiger charge is -2.21. The average Bonchev–Trinajstić information content (AvgIpc) is 2.72. The third kappa shape index (κ3) is 4.44. The van der Waals surface area contributed by atoms with Gasteiger partial charge in [-0.05, 0) is 37.1 Å². The van der Waals surface area contributed by atoms with Gasteiger partial charge in [-0.25, -0.2) is 4.98 Å². The summed E-state index contributed by atoms with van der Waals surface area (Å²) in [6.45, 7) is 5.65. The second-order valence-corrected chi connectivity index (χ2v) is 7.50. The minimum absolute atomic E-state index is 0.0794. The molecule has 0 aliphatic carbocycles. The van der Waals surface area contributed by atoms with E-state index in [2.05, 4.69) is 13.8 Å². The zero-order valence-electron chi connectivity index (χ0n) is 16.3. The number of benzene rings is 2. The van der Waals surface area contributed by atoms with Gasteiger partial charge in [0.1, 0.15) is 0 Å². The van der Waals surface area contributed by atoms with E-state index in [1.54, 1.807) is 10.6 Å². The minimum Gasteiger partial charge on any atom is -0.342 e. The van der Waals surface area contributed by atoms with Crippen molar-refractivity contribution in [3.8, 4) is 5.69 Å². The van der Waals surface area contributed by atoms with Gasteiger partial charge in [-0.1, -0.05) is 55.9 Å². The highest BCUT2D eigenvalue weighted by Crippen LogP contribution is 2.21. The molecule has 0 N–H and O–H groups in total. The maximum Gasteiger partial charge on any atom is 0.266 e. The Labute approximate surface area is 169 Å². The summed E-state index contributed by atoms with van der Waals surface area (Å²) in [5.41, 5.74) is 1.28. The van der Waals surface area contributed by atoms with Gasteiger partial charge in [-0.15, -0.1) is 0 Å². The molecule has 0 saturated heterocycles. The summed E-state index contributed by atoms with van der Waals surface area (Å²) in [5, 5.41) is 1.11. The Morgan fingerprint density at radius 3 is 2.32 bits per heavy atom. The first-order valence-corrected chi connectivity index (χ1v) is 10.6. The second kappa shape index (κ2) is 9.55. The summed E-state index contributed by atoms with van der Waals surface area (Å²) in [6.07, 6.45) is 1.86. The molecule has 0 bridgehead atoms. The van der Waals surface area contributed by atoms with Gasteiger partial charge in [0.25, 0.3) is 5.56 Å². The molecule has 3 aromatic rings. The number of rotatable bonds is 8. The van der Waals surface area contributed by atoms with E-state index >= 15 is 0 Å². The summed E-state index contributed by atoms with van der Waals surface area (Å²) in [4.78, 5) is 32.4. The monoisotopic (exact) mass is 395 g/mol. The lowest BCUT2D eigenvalue weighted by Crippen LogP contribution is -2.34. The molecule has 28 heavy (non-hydrogen) atoms. The Morgan fingerprint density at radius 1 is 1.00 bits per heavy atom. The van der Waals surface area contributed by atoms with Crippen molar-refractivity contribution >= 4 is 28.6 Å². The standard InChI is InChI=1S/C22H25N3O2S/c1-3-14-24(15-4-2)20(26)16-28-22-23-19-13-9-8-12-18(19)21(27)25(22)17-10-6-5-7-11-17/h5-13H,3-4,14-16H2,1-2H3. The fourth-order valence-electron chi connectivity index (χ4n) is 3.13. The summed E-state index contributed by atoms with van der Waals surface area (Å²) in [7, 11) is 0. The molecule has 0 atom stereocenters. The minimum atomic E-state index is -0.120. The summed E-state index contributed by atoms with van der Waals surface area (Å²) >= 11 is 1.32. The molecule has 0 radical (unpaired) electrons. The van der Waals surface area contributed by atoms with Crippen molar-refractivity contribution in [3.63, 3.8) is 0 Å². The molecule has 5 nitrogen and oxygen atoms in total. The molecule has 0 fully saturated rings. The maximum atomic E-state index is 13.1. The zero-order chi connectivity index (χ0) is 19.9. The Kier molecular flexibility index (Phi) is 6.87. The number of para-hydroxylation sites is 2. The van der Waals surface area contributed by atoms with E-state index in [4.69, 9.17) is 4.98 Å². The number of carbonyl (C=O) groups is 1. The lowest BCUT2D eigenvalue weighted by atomic mass is 10.2. The van der Waals surface area contributed by atoms with Crippen molar-refractivity contribution < 1.29 is 4.79 Å². The van der Waals surface area contributed by atoms with Gasteiger partial charge >= 0.3 is 0 Å². The van der Waals surface area contributed by atoms with E-state index in [0.29, 0.717) is 16.1 Å². The zero-order valence-corrected chi connectivity index (χ0v) is 17.1. The quantitative estimate of drug-likeness (QED) is 0.425. The van der Waals surface area contributed by atoms with Gasteiger partial charge in [0.2, 0.25) is 5.91 Å². The van der Waals surface area contributed by atoms with Crippen LogP contribution in [0.3, 0.4) is 0 Å². The lowest BCUT2D eigenvalue weighted by molar-refractivity contribution is -0.128. The number of nitrogens with zero attached hydrogens (tertiary/aromatic N) is 3. The molecule has 0 spiro atoms. The Bertz CT molecular complexity index is 996. The van der Waals surface area contributed by atoms with E-state index in [9.17, 15) is 9.59 Å². The van der Waals surface area contributed by atoms with Crippen molar-refractivity contribution in [3.05, 3.63) is 65.0 Å². The molecule has 0 saturated carbocycles. The van der Waals surface area contributed by atoms with Crippen molar-refractivity contribution in [1.82, 2.24) is 14.5 Å². The topological polar surface area (TPSA) is 55.2 Å². The van der Waals surface area contributed by atoms with Crippen molar-refractivity contribution in [1.29, 1.82) is 0 Å². The molecular formula is C22H25N3O2S. The van der Waals surface area contributed by atoms with E-state index in [1.165, 1.54) is 11.8 Å². The predicted molar refractivity (Wildman–Crippen MR) is 115 cm³/mol. The predicted octanol–water partition coefficient (Wildman–Crippen LogP) is 4.13. The van der Waals surface area contributed by atoms with E-state index in [0.717, 1.165) is 31.6 Å². The molecule has 1 amide bonds. The van der Waals surface area contributed by atoms with Crippen LogP contribution in [0.2, 0.25) is 0 Å². The van der Waals surface area contributed by atoms with Crippen LogP contribution in [-0.2, 0) is 4.79 Å². The fraction of sp³-hybridized carbons (Fsp3) is 0.318. The van der Waals surface area contributed by atoms with Crippen LogP contribution in [0.5, 0.6) is 0 Å². The van der Waals surface area contributed by atoms with Crippen LogP contribution in [-0.4, -0.2) is 39.2 Å². The number of fused-ring (bicyclic) bond motifs is 1. The Morgan fingerprint density at radius 2 is 1.64 bits per heavy atom. The van der Waals surface area contributed by atoms with E-state index in [1.807, 2.05) is 53.4 Å². The van der Waals surface area contributed by atoms with Crippen LogP contribution in [0.25, 0.3) is 16.6 Å². The van der Waals surface area contributed by atoms with Crippen LogP contribution in [0.4, 0.5) is 0 Å². The third-order valence-electron chi connectivity index (χ3n) is 4.42. The highest BCUT2D eigenvalue weighted by molar-refractivity contribution is 7.99. The first-order chi connectivity index (χ1) is 13.7. The van der Waals surface area contributed by atoms with Crippen molar-refractivity contribution in [2.75, 3.05) is 18.8 Å². The van der Waals surface area contributed by atoms with Crippen molar-refractivity contribution in [2.24, 2.45) is 0 Å². The highest BCUT2D eigenvalue weighted by atomic mass is 32.2. The Balaban J connectivity index is 1.98. The van der Waals surface area contributed by atoms with Crippen LogP contribution < -0.4 is 5.56 Å². The first-order valence-electron chi connectivity index (χ1n) is 9.63. The number of amides is 1. The molecule has 0 aliphatic heterocycles. The second-order valence-electron chi connectivity index (χ2n) is 6.56. The molecule has 1 heterocycles. The van der Waals surface area contributed by atoms with Gasteiger partial charge in [0.05, 0.1) is 22.3 Å². The molecule has 0 aliphatic rings. The number of hydrogen-bond donors (Lipinski definition) is 0. The van der Waals surface area contributed by atoms with Crippen LogP contribution in [0.15, 0.2) is 64.5 Å². The summed E-state index contributed by atoms with van der Waals surface area (Å²) in [6, 6.07) is 16.8. The van der Waals surface area contributed by atoms with Crippen LogP contribution >= 0.6 is 11.8 Å². The molecule has 3 rings (SSSR count). The van der Waals surface area contributed by atoms with Gasteiger partial charge in [0.15, 0.2) is 5.16 Å². The normalized spacial score (nSPS) is 10.9. The molecule has 2 aromatic carbocycles. The number of hydrogen-bond acceptors (Lipinski definition) is 4. The molecule has 6 heteroatoms. The molecule has 146 valence electrons. The van der Waals surface area contributed by atoms with Gasteiger partial charge in [-0.2, -0.15) is 0 Å². The molecular weight excluding hydrogens is 370 g/mol. The van der Waals surface area contributed by atoms with E-state index < -0.39 is 0 Å². The molecule has 0 unspecified atom stereocenters. The summed E-state index contributed by atoms with van der Waals surface area (Å²) in [5.74, 6) is 0.341. The number of thioether (sulfide) groups is 1. The number of carbonyl (C=O) groups excluding carboxylic acids is 1. The highest BCUT2D eigenvalue weighted by Gasteiger charge is 2.17. The molecule has 1 aromatic heterocycles. The SMILES string of the molecule is CCCN(CCC)C(=O)CSc1nc2ccccc2c(=O)n1-c1ccccc1. The largest absolute Gasteiger partial charge is 0.342 e. The van der Waals surface area contributed by atoms with E-state index in [-0.39, 0.29) is 17.2 Å². The fourth-order valence-corrected chi connectivity index (χ4v) is 4.05.